The number of imidazole rings is 1. The Balaban J connectivity index is 2.04. The maximum atomic E-state index is 12.2. The number of aliphatic hydroxyl groups is 6. The zero-order chi connectivity index (χ0) is 26.5. The van der Waals surface area contributed by atoms with Gasteiger partial charge in [0.15, 0.2) is 23.0 Å². The molecular formula is C17H21N5O13. The molecule has 0 radical (unpaired) electrons. The van der Waals surface area contributed by atoms with E-state index in [0.29, 0.717) is 4.73 Å². The molecule has 0 saturated heterocycles. The monoisotopic (exact) mass is 503 g/mol. The molecule has 192 valence electrons. The van der Waals surface area contributed by atoms with Crippen LogP contribution in [0.2, 0.25) is 0 Å². The van der Waals surface area contributed by atoms with Crippen molar-refractivity contribution in [2.24, 2.45) is 0 Å². The maximum absolute atomic E-state index is 12.2. The lowest BCUT2D eigenvalue weighted by atomic mass is 9.96. The largest absolute Gasteiger partial charge is 0.479 e. The van der Waals surface area contributed by atoms with Crippen LogP contribution in [0.15, 0.2) is 12.7 Å². The van der Waals surface area contributed by atoms with Gasteiger partial charge in [-0.05, 0) is 0 Å². The first-order valence-electron chi connectivity index (χ1n) is 9.48. The molecule has 5 atom stereocenters. The van der Waals surface area contributed by atoms with E-state index in [1.54, 1.807) is 0 Å². The van der Waals surface area contributed by atoms with Crippen molar-refractivity contribution in [2.75, 3.05) is 12.3 Å². The minimum Gasteiger partial charge on any atom is -0.479 e. The number of anilines is 1. The van der Waals surface area contributed by atoms with Crippen LogP contribution in [0, 0.1) is 0 Å². The second-order valence-corrected chi connectivity index (χ2v) is 7.12. The van der Waals surface area contributed by atoms with E-state index in [1.165, 1.54) is 0 Å². The molecule has 18 heteroatoms. The molecule has 0 amide bonds. The Hall–Kier alpha value is -3.81. The molecule has 0 bridgehead atoms. The van der Waals surface area contributed by atoms with E-state index in [0.717, 1.165) is 12.7 Å². The number of carboxylic acids is 1. The smallest absolute Gasteiger partial charge is 0.345 e. The number of carboxylic acid groups (broad SMARTS) is 1. The average molecular weight is 503 g/mol. The predicted molar refractivity (Wildman–Crippen MR) is 105 cm³/mol. The van der Waals surface area contributed by atoms with Crippen molar-refractivity contribution in [1.29, 1.82) is 0 Å². The molecule has 18 nitrogen and oxygen atoms in total. The van der Waals surface area contributed by atoms with Crippen LogP contribution in [0.25, 0.3) is 11.2 Å². The molecule has 1 unspecified atom stereocenters. The summed E-state index contributed by atoms with van der Waals surface area (Å²) in [6.07, 6.45) is -10.0. The Morgan fingerprint density at radius 1 is 1.03 bits per heavy atom. The van der Waals surface area contributed by atoms with Gasteiger partial charge in [0.25, 0.3) is 0 Å². The van der Waals surface area contributed by atoms with Crippen LogP contribution >= 0.6 is 0 Å². The van der Waals surface area contributed by atoms with Crippen LogP contribution < -0.4 is 10.6 Å². The second-order valence-electron chi connectivity index (χ2n) is 7.12. The summed E-state index contributed by atoms with van der Waals surface area (Å²) in [6, 6.07) is 0. The number of nitrogens with zero attached hydrogens (tertiary/aromatic N) is 4. The summed E-state index contributed by atoms with van der Waals surface area (Å²) in [5.41, 5.74) is 2.41. The lowest BCUT2D eigenvalue weighted by Gasteiger charge is -2.24. The van der Waals surface area contributed by atoms with Crippen molar-refractivity contribution >= 4 is 40.9 Å². The molecule has 35 heavy (non-hydrogen) atoms. The molecule has 0 aliphatic rings. The normalized spacial score (nSPS) is 16.5. The number of fused-ring (bicyclic) bond motifs is 1. The van der Waals surface area contributed by atoms with Gasteiger partial charge in [0.05, 0.1) is 19.4 Å². The van der Waals surface area contributed by atoms with Gasteiger partial charge in [-0.25, -0.2) is 29.3 Å². The third-order valence-corrected chi connectivity index (χ3v) is 4.51. The maximum Gasteiger partial charge on any atom is 0.345 e. The van der Waals surface area contributed by atoms with Crippen LogP contribution in [0.3, 0.4) is 0 Å². The van der Waals surface area contributed by atoms with Crippen molar-refractivity contribution in [3.63, 3.8) is 0 Å². The topological polar surface area (TPSA) is 298 Å². The highest BCUT2D eigenvalue weighted by Gasteiger charge is 2.44. The first-order chi connectivity index (χ1) is 16.3. The van der Waals surface area contributed by atoms with E-state index in [-0.39, 0.29) is 17.0 Å². The van der Waals surface area contributed by atoms with Crippen LogP contribution in [0.4, 0.5) is 5.82 Å². The number of rotatable bonds is 11. The Morgan fingerprint density at radius 2 is 1.66 bits per heavy atom. The van der Waals surface area contributed by atoms with Gasteiger partial charge in [-0.1, -0.05) is 0 Å². The number of carbonyl (C=O) groups is 4. The molecule has 2 rings (SSSR count). The Bertz CT molecular complexity index is 1110. The molecule has 9 N–H and O–H groups in total. The molecule has 2 heterocycles. The third kappa shape index (κ3) is 6.41. The van der Waals surface area contributed by atoms with Crippen molar-refractivity contribution in [3.8, 4) is 0 Å². The number of esters is 2. The highest BCUT2D eigenvalue weighted by molar-refractivity contribution is 5.93. The summed E-state index contributed by atoms with van der Waals surface area (Å²) >= 11 is 0. The van der Waals surface area contributed by atoms with Gasteiger partial charge in [-0.3, -0.25) is 4.79 Å². The number of aliphatic hydroxyl groups excluding tert-OH is 5. The summed E-state index contributed by atoms with van der Waals surface area (Å²) in [7, 11) is 0. The summed E-state index contributed by atoms with van der Waals surface area (Å²) in [4.78, 5) is 63.5. The standard InChI is InChI=1S/C17H21N5O13/c18-13-9-14(20-4-19-13)22(5-21-9)35-8(26)2-17(33,16(31)32)1-7(25)34-15(30)12(29)11(28)10(27)6(24)3-23/h4-6,10-12,23-24,27-29,33H,1-3H2,(H,31,32)(H2,18,19,20)/t6-,10-,11+,12-,17?/m1/s1. The fourth-order valence-corrected chi connectivity index (χ4v) is 2.60. The van der Waals surface area contributed by atoms with E-state index in [9.17, 15) is 49.8 Å². The third-order valence-electron chi connectivity index (χ3n) is 4.51. The fraction of sp³-hybridized carbons (Fsp3) is 0.471. The van der Waals surface area contributed by atoms with Gasteiger partial charge in [-0.2, -0.15) is 0 Å². The number of aromatic nitrogens is 4. The van der Waals surface area contributed by atoms with E-state index >= 15 is 0 Å². The second kappa shape index (κ2) is 11.1. The number of carbonyl (C=O) groups excluding carboxylic acids is 3. The quantitative estimate of drug-likeness (QED) is 0.105. The molecule has 0 fully saturated rings. The first-order valence-corrected chi connectivity index (χ1v) is 9.48. The minimum absolute atomic E-state index is 0.0493. The summed E-state index contributed by atoms with van der Waals surface area (Å²) < 4.78 is 4.83. The van der Waals surface area contributed by atoms with Crippen LogP contribution in [0.5, 0.6) is 0 Å². The van der Waals surface area contributed by atoms with Crippen LogP contribution in [-0.2, 0) is 23.9 Å². The van der Waals surface area contributed by atoms with Gasteiger partial charge < -0.3 is 51.1 Å². The van der Waals surface area contributed by atoms with Crippen molar-refractivity contribution < 1.29 is 64.5 Å². The Morgan fingerprint density at radius 3 is 2.26 bits per heavy atom. The van der Waals surface area contributed by atoms with Crippen molar-refractivity contribution in [2.45, 2.75) is 42.9 Å². The van der Waals surface area contributed by atoms with Crippen LogP contribution in [-0.4, -0.2) is 116 Å². The zero-order valence-electron chi connectivity index (χ0n) is 17.5. The van der Waals surface area contributed by atoms with Gasteiger partial charge in [0.2, 0.25) is 5.65 Å². The lowest BCUT2D eigenvalue weighted by molar-refractivity contribution is -0.183. The van der Waals surface area contributed by atoms with Gasteiger partial charge in [-0.15, -0.1) is 4.73 Å². The minimum atomic E-state index is -3.14. The SMILES string of the molecule is Nc1ncnc2c1ncn2OC(=O)CC(O)(CC(=O)OC(=O)[C@H](O)[C@@H](O)[C@H](O)[C@H](O)CO)C(=O)O. The summed E-state index contributed by atoms with van der Waals surface area (Å²) in [5.74, 6) is -7.15. The van der Waals surface area contributed by atoms with Crippen LogP contribution in [0.1, 0.15) is 12.8 Å². The average Bonchev–Trinajstić information content (AvgIpc) is 3.20. The van der Waals surface area contributed by atoms with Crippen molar-refractivity contribution in [1.82, 2.24) is 19.7 Å². The molecule has 0 spiro atoms. The highest BCUT2D eigenvalue weighted by atomic mass is 16.7. The lowest BCUT2D eigenvalue weighted by Crippen LogP contribution is -2.50. The summed E-state index contributed by atoms with van der Waals surface area (Å²) in [5, 5.41) is 66.2. The molecule has 0 aromatic carbocycles. The molecular weight excluding hydrogens is 482 g/mol. The first kappa shape index (κ1) is 27.4. The van der Waals surface area contributed by atoms with Gasteiger partial charge >= 0.3 is 23.9 Å². The Labute approximate surface area is 193 Å². The molecule has 2 aromatic rings. The number of aliphatic carboxylic acids is 1. The van der Waals surface area contributed by atoms with Crippen molar-refractivity contribution in [3.05, 3.63) is 12.7 Å². The van der Waals surface area contributed by atoms with E-state index in [2.05, 4.69) is 19.7 Å². The number of nitrogens with two attached hydrogens (primary N) is 1. The molecule has 2 aromatic heterocycles. The molecule has 0 aliphatic heterocycles. The molecule has 0 aliphatic carbocycles. The van der Waals surface area contributed by atoms with E-state index in [4.69, 9.17) is 15.7 Å². The molecule has 0 saturated carbocycles. The number of hydrogen-bond donors (Lipinski definition) is 8. The zero-order valence-corrected chi connectivity index (χ0v) is 17.5. The summed E-state index contributed by atoms with van der Waals surface area (Å²) in [6.45, 7) is -1.05. The van der Waals surface area contributed by atoms with E-state index in [1.807, 2.05) is 0 Å². The predicted octanol–water partition coefficient (Wildman–Crippen LogP) is -5.53. The number of hydrogen-bond acceptors (Lipinski definition) is 16. The Kier molecular flexibility index (Phi) is 8.68. The number of nitrogen functional groups attached to an aromatic ring is 1. The van der Waals surface area contributed by atoms with Gasteiger partial charge in [0.1, 0.15) is 31.0 Å². The van der Waals surface area contributed by atoms with E-state index < -0.39 is 73.3 Å². The number of ether oxygens (including phenoxy) is 1. The van der Waals surface area contributed by atoms with Gasteiger partial charge in [0, 0.05) is 0 Å². The fourth-order valence-electron chi connectivity index (χ4n) is 2.60. The highest BCUT2D eigenvalue weighted by Crippen LogP contribution is 2.19.